The van der Waals surface area contributed by atoms with Crippen LogP contribution in [0.3, 0.4) is 0 Å². The van der Waals surface area contributed by atoms with Gasteiger partial charge in [0.25, 0.3) is 11.1 Å². The Morgan fingerprint density at radius 2 is 1.75 bits per heavy atom. The summed E-state index contributed by atoms with van der Waals surface area (Å²) in [5.74, 6) is -0.817. The first-order chi connectivity index (χ1) is 18.6. The Morgan fingerprint density at radius 1 is 1.07 bits per heavy atom. The molecule has 0 aliphatic carbocycles. The van der Waals surface area contributed by atoms with Crippen molar-refractivity contribution in [3.05, 3.63) is 80.6 Å². The Balaban J connectivity index is 1.51. The summed E-state index contributed by atoms with van der Waals surface area (Å²) >= 11 is 0. The summed E-state index contributed by atoms with van der Waals surface area (Å²) in [7, 11) is 0. The van der Waals surface area contributed by atoms with Gasteiger partial charge in [-0.25, -0.2) is 28.2 Å². The van der Waals surface area contributed by atoms with Crippen molar-refractivity contribution in [1.29, 1.82) is 0 Å². The van der Waals surface area contributed by atoms with Gasteiger partial charge in [-0.15, -0.1) is 0 Å². The lowest BCUT2D eigenvalue weighted by Gasteiger charge is -2.20. The number of hydrogen-bond acceptors (Lipinski definition) is 6. The lowest BCUT2D eigenvalue weighted by Crippen LogP contribution is -2.30. The Hall–Kier alpha value is -4.23. The summed E-state index contributed by atoms with van der Waals surface area (Å²) in [6.45, 7) is 3.63. The maximum Gasteiger partial charge on any atom is 0.423 e. The summed E-state index contributed by atoms with van der Waals surface area (Å²) in [5, 5.41) is 7.82. The minimum atomic E-state index is -4.96. The quantitative estimate of drug-likeness (QED) is 0.287. The molecule has 1 aromatic carbocycles. The Bertz CT molecular complexity index is 1640. The van der Waals surface area contributed by atoms with Gasteiger partial charge in [-0.1, -0.05) is 0 Å². The summed E-state index contributed by atoms with van der Waals surface area (Å²) in [5.41, 5.74) is -5.69. The number of aromatic amines is 1. The fourth-order valence-electron chi connectivity index (χ4n) is 4.18. The first kappa shape index (κ1) is 28.8. The number of nitrogens with one attached hydrogen (secondary N) is 2. The third-order valence-electron chi connectivity index (χ3n) is 6.19. The smallest absolute Gasteiger partial charge is 0.381 e. The molecule has 0 aliphatic rings. The fourth-order valence-corrected chi connectivity index (χ4v) is 4.18. The van der Waals surface area contributed by atoms with Crippen LogP contribution in [0, 0.1) is 5.82 Å². The number of rotatable bonds is 8. The van der Waals surface area contributed by atoms with Gasteiger partial charge in [0.15, 0.2) is 5.82 Å². The van der Waals surface area contributed by atoms with E-state index in [9.17, 15) is 35.9 Å². The van der Waals surface area contributed by atoms with Gasteiger partial charge < -0.3 is 9.88 Å². The number of alkyl halides is 5. The first-order valence-electron chi connectivity index (χ1n) is 12.0. The van der Waals surface area contributed by atoms with Crippen LogP contribution >= 0.6 is 0 Å². The molecular formula is C26H24F6N6O2. The van der Waals surface area contributed by atoms with Crippen LogP contribution in [-0.4, -0.2) is 36.9 Å². The largest absolute Gasteiger partial charge is 0.423 e. The highest BCUT2D eigenvalue weighted by atomic mass is 19.4. The van der Waals surface area contributed by atoms with Crippen molar-refractivity contribution >= 4 is 16.5 Å². The van der Waals surface area contributed by atoms with E-state index in [1.54, 1.807) is 5.10 Å². The van der Waals surface area contributed by atoms with Crippen LogP contribution in [0.1, 0.15) is 38.3 Å². The molecule has 0 radical (unpaired) electrons. The van der Waals surface area contributed by atoms with Crippen molar-refractivity contribution in [3.63, 3.8) is 0 Å². The summed E-state index contributed by atoms with van der Waals surface area (Å²) in [6.07, 6.45) is -2.36. The topological polar surface area (TPSA) is 106 Å². The second-order valence-corrected chi connectivity index (χ2v) is 9.82. The van der Waals surface area contributed by atoms with E-state index in [1.807, 2.05) is 0 Å². The molecule has 3 aromatic heterocycles. The lowest BCUT2D eigenvalue weighted by molar-refractivity contribution is -0.138. The van der Waals surface area contributed by atoms with Crippen LogP contribution in [0.25, 0.3) is 22.2 Å². The predicted molar refractivity (Wildman–Crippen MR) is 136 cm³/mol. The first-order valence-corrected chi connectivity index (χ1v) is 12.0. The second-order valence-electron chi connectivity index (χ2n) is 9.82. The molecule has 0 saturated heterocycles. The Kier molecular flexibility index (Phi) is 7.72. The molecule has 0 saturated carbocycles. The summed E-state index contributed by atoms with van der Waals surface area (Å²) in [4.78, 5) is 32.6. The number of pyridine rings is 1. The van der Waals surface area contributed by atoms with Crippen LogP contribution in [0.5, 0.6) is 0 Å². The number of benzene rings is 1. The van der Waals surface area contributed by atoms with Crippen molar-refractivity contribution in [2.45, 2.75) is 57.8 Å². The van der Waals surface area contributed by atoms with Crippen molar-refractivity contribution in [1.82, 2.24) is 24.7 Å². The van der Waals surface area contributed by atoms with Crippen LogP contribution in [0.4, 0.5) is 32.0 Å². The van der Waals surface area contributed by atoms with E-state index in [-0.39, 0.29) is 28.8 Å². The van der Waals surface area contributed by atoms with Gasteiger partial charge >= 0.3 is 6.18 Å². The van der Waals surface area contributed by atoms with E-state index in [4.69, 9.17) is 0 Å². The van der Waals surface area contributed by atoms with E-state index in [2.05, 4.69) is 20.4 Å². The standard InChI is InChI=1S/C26H24F6N6O2/c1-13(36-20-11-35-37-23(39)21(20)26(30,31)32)6-16(27)12-38-5-4-14-7-18(19(28)8-17(14)24(38)40)22-33-9-15(10-34-22)25(2,3)29/h4-5,7-11,13,16H,6,12H2,1-3H3,(H2,36,37,39)/t13-,16+/m1/s1. The van der Waals surface area contributed by atoms with Crippen molar-refractivity contribution < 1.29 is 26.3 Å². The fraction of sp³-hybridized carbons (Fsp3) is 0.346. The average molecular weight is 567 g/mol. The molecule has 3 heterocycles. The van der Waals surface area contributed by atoms with Crippen molar-refractivity contribution in [3.8, 4) is 11.4 Å². The third-order valence-corrected chi connectivity index (χ3v) is 6.19. The molecule has 4 aromatic rings. The van der Waals surface area contributed by atoms with E-state index in [0.717, 1.165) is 16.8 Å². The van der Waals surface area contributed by atoms with Crippen LogP contribution in [0.2, 0.25) is 0 Å². The van der Waals surface area contributed by atoms with E-state index >= 15 is 0 Å². The minimum Gasteiger partial charge on any atom is -0.381 e. The van der Waals surface area contributed by atoms with Gasteiger partial charge in [0.1, 0.15) is 23.2 Å². The number of anilines is 1. The molecule has 0 amide bonds. The van der Waals surface area contributed by atoms with Gasteiger partial charge in [-0.3, -0.25) is 9.59 Å². The van der Waals surface area contributed by atoms with Crippen LogP contribution in [-0.2, 0) is 18.4 Å². The average Bonchev–Trinajstić information content (AvgIpc) is 2.84. The normalized spacial score (nSPS) is 13.8. The molecule has 8 nitrogen and oxygen atoms in total. The molecule has 40 heavy (non-hydrogen) atoms. The van der Waals surface area contributed by atoms with Gasteiger partial charge in [0.05, 0.1) is 29.4 Å². The Morgan fingerprint density at radius 3 is 2.38 bits per heavy atom. The zero-order valence-corrected chi connectivity index (χ0v) is 21.5. The van der Waals surface area contributed by atoms with E-state index in [0.29, 0.717) is 5.39 Å². The maximum absolute atomic E-state index is 14.9. The van der Waals surface area contributed by atoms with Crippen LogP contribution < -0.4 is 16.4 Å². The zero-order valence-electron chi connectivity index (χ0n) is 21.5. The number of halogens is 6. The van der Waals surface area contributed by atoms with Crippen LogP contribution in [0.15, 0.2) is 52.6 Å². The molecule has 2 N–H and O–H groups in total. The third kappa shape index (κ3) is 6.15. The lowest BCUT2D eigenvalue weighted by atomic mass is 10.0. The summed E-state index contributed by atoms with van der Waals surface area (Å²) in [6, 6.07) is 2.95. The number of nitrogens with zero attached hydrogens (tertiary/aromatic N) is 4. The highest BCUT2D eigenvalue weighted by Gasteiger charge is 2.37. The number of fused-ring (bicyclic) bond motifs is 1. The second kappa shape index (κ2) is 10.7. The van der Waals surface area contributed by atoms with Crippen molar-refractivity contribution in [2.75, 3.05) is 5.32 Å². The van der Waals surface area contributed by atoms with Gasteiger partial charge in [-0.05, 0) is 44.4 Å². The Labute approximate surface area is 223 Å². The molecule has 0 fully saturated rings. The monoisotopic (exact) mass is 566 g/mol. The highest BCUT2D eigenvalue weighted by Crippen LogP contribution is 2.32. The molecule has 0 unspecified atom stereocenters. The summed E-state index contributed by atoms with van der Waals surface area (Å²) < 4.78 is 84.7. The number of hydrogen-bond donors (Lipinski definition) is 2. The molecule has 0 aliphatic heterocycles. The molecule has 0 bridgehead atoms. The highest BCUT2D eigenvalue weighted by molar-refractivity contribution is 5.86. The van der Waals surface area contributed by atoms with Gasteiger partial charge in [-0.2, -0.15) is 18.3 Å². The molecule has 2 atom stereocenters. The van der Waals surface area contributed by atoms with Gasteiger partial charge in [0, 0.05) is 36.6 Å². The molecular weight excluding hydrogens is 542 g/mol. The molecule has 0 spiro atoms. The SMILES string of the molecule is C[C@H](C[C@H](F)Cn1ccc2cc(-c3ncc(C(C)(C)F)cn3)c(F)cc2c1=O)Nc1cn[nH]c(=O)c1C(F)(F)F. The van der Waals surface area contributed by atoms with E-state index < -0.39 is 58.8 Å². The maximum atomic E-state index is 14.9. The minimum absolute atomic E-state index is 0.00817. The van der Waals surface area contributed by atoms with E-state index in [1.165, 1.54) is 51.5 Å². The molecule has 212 valence electrons. The zero-order chi connectivity index (χ0) is 29.4. The molecule has 14 heteroatoms. The molecule has 4 rings (SSSR count). The predicted octanol–water partition coefficient (Wildman–Crippen LogP) is 5.13. The number of aromatic nitrogens is 5. The van der Waals surface area contributed by atoms with Gasteiger partial charge in [0.2, 0.25) is 0 Å². The number of H-pyrrole nitrogens is 1. The van der Waals surface area contributed by atoms with Crippen molar-refractivity contribution in [2.24, 2.45) is 0 Å².